The Labute approximate surface area is 359 Å². The molecule has 10 aromatic carbocycles. The summed E-state index contributed by atoms with van der Waals surface area (Å²) in [6.45, 7) is 0. The van der Waals surface area contributed by atoms with Crippen LogP contribution in [0.2, 0.25) is 0 Å². The summed E-state index contributed by atoms with van der Waals surface area (Å²) < 4.78 is 9.23. The van der Waals surface area contributed by atoms with Gasteiger partial charge in [0.05, 0.1) is 22.1 Å². The van der Waals surface area contributed by atoms with Gasteiger partial charge in [0.1, 0.15) is 0 Å². The van der Waals surface area contributed by atoms with E-state index in [1.54, 1.807) is 0 Å². The van der Waals surface area contributed by atoms with E-state index >= 15 is 0 Å². The van der Waals surface area contributed by atoms with Crippen LogP contribution in [0.25, 0.3) is 71.6 Å². The van der Waals surface area contributed by atoms with E-state index in [9.17, 15) is 0 Å². The van der Waals surface area contributed by atoms with Crippen LogP contribution in [0.3, 0.4) is 0 Å². The minimum atomic E-state index is -0.435. The van der Waals surface area contributed by atoms with Gasteiger partial charge in [0.15, 0.2) is 11.5 Å². The second-order valence-electron chi connectivity index (χ2n) is 16.8. The molecule has 0 amide bonds. The summed E-state index contributed by atoms with van der Waals surface area (Å²) in [5, 5.41) is 4.84. The van der Waals surface area contributed by atoms with E-state index in [-0.39, 0.29) is 0 Å². The molecule has 14 rings (SSSR count). The maximum Gasteiger partial charge on any atom is 0.160 e. The molecule has 62 heavy (non-hydrogen) atoms. The highest BCUT2D eigenvalue weighted by Crippen LogP contribution is 2.63. The number of anilines is 3. The number of hydrogen-bond acceptors (Lipinski definition) is 2. The molecule has 11 aromatic rings. The Hall–Kier alpha value is -8.14. The van der Waals surface area contributed by atoms with Crippen molar-refractivity contribution in [2.45, 2.75) is 5.41 Å². The Morgan fingerprint density at radius 1 is 0.387 bits per heavy atom. The molecule has 1 aliphatic heterocycles. The normalized spacial score (nSPS) is 13.4. The molecule has 1 aromatic heterocycles. The highest BCUT2D eigenvalue weighted by Gasteiger charge is 2.51. The topological polar surface area (TPSA) is 17.4 Å². The Kier molecular flexibility index (Phi) is 6.76. The van der Waals surface area contributed by atoms with Gasteiger partial charge in [-0.2, -0.15) is 0 Å². The van der Waals surface area contributed by atoms with E-state index in [0.717, 1.165) is 50.9 Å². The molecule has 288 valence electrons. The van der Waals surface area contributed by atoms with Gasteiger partial charge in [-0.25, -0.2) is 0 Å². The molecule has 2 heterocycles. The summed E-state index contributed by atoms with van der Waals surface area (Å²) >= 11 is 0. The molecule has 2 aliphatic carbocycles. The van der Waals surface area contributed by atoms with Crippen molar-refractivity contribution in [1.29, 1.82) is 0 Å². The third-order valence-corrected chi connectivity index (χ3v) is 13.8. The Morgan fingerprint density at radius 3 is 1.71 bits per heavy atom. The van der Waals surface area contributed by atoms with Crippen molar-refractivity contribution in [3.05, 3.63) is 241 Å². The third-order valence-electron chi connectivity index (χ3n) is 13.8. The van der Waals surface area contributed by atoms with Crippen molar-refractivity contribution in [3.8, 4) is 50.6 Å². The molecular weight excluding hydrogens is 753 g/mol. The standard InChI is InChI=1S/C59H36N2O/c1-2-14-39-35-41(30-25-37(39)13-1)60(42-31-32-47-46-17-5-9-21-52(46)59(53(47)36-42)50-19-7-3-15-44(50)45-16-4-8-20-51(45)59)40-28-26-38(27-29-40)43-33-34-49-48-18-6-10-22-54(48)61-55-23-11-12-24-56(55)62-58(43)57(49)61/h1-36H. The predicted molar refractivity (Wildman–Crippen MR) is 255 cm³/mol. The number of rotatable bonds is 4. The summed E-state index contributed by atoms with van der Waals surface area (Å²) in [6, 6.07) is 80.3. The minimum absolute atomic E-state index is 0.435. The molecule has 3 heteroatoms. The third kappa shape index (κ3) is 4.39. The van der Waals surface area contributed by atoms with Crippen LogP contribution in [0.1, 0.15) is 22.3 Å². The predicted octanol–water partition coefficient (Wildman–Crippen LogP) is 15.5. The Morgan fingerprint density at radius 2 is 0.952 bits per heavy atom. The van der Waals surface area contributed by atoms with Crippen LogP contribution in [0.5, 0.6) is 11.5 Å². The summed E-state index contributed by atoms with van der Waals surface area (Å²) in [4.78, 5) is 2.43. The molecule has 3 aliphatic rings. The average molecular weight is 789 g/mol. The molecule has 1 spiro atoms. The van der Waals surface area contributed by atoms with E-state index in [2.05, 4.69) is 228 Å². The highest BCUT2D eigenvalue weighted by atomic mass is 16.5. The smallest absolute Gasteiger partial charge is 0.160 e. The van der Waals surface area contributed by atoms with Gasteiger partial charge in [-0.05, 0) is 122 Å². The molecule has 0 bridgehead atoms. The number of aromatic nitrogens is 1. The van der Waals surface area contributed by atoms with Gasteiger partial charge >= 0.3 is 0 Å². The number of ether oxygens (including phenoxy) is 1. The summed E-state index contributed by atoms with van der Waals surface area (Å²) in [5.41, 5.74) is 18.9. The first-order valence-electron chi connectivity index (χ1n) is 21.4. The fourth-order valence-corrected chi connectivity index (χ4v) is 11.2. The Balaban J connectivity index is 0.966. The summed E-state index contributed by atoms with van der Waals surface area (Å²) in [5.74, 6) is 1.75. The second kappa shape index (κ2) is 12.4. The van der Waals surface area contributed by atoms with Gasteiger partial charge in [0, 0.05) is 33.4 Å². The molecule has 0 saturated heterocycles. The van der Waals surface area contributed by atoms with Gasteiger partial charge < -0.3 is 14.2 Å². The maximum absolute atomic E-state index is 6.86. The number of fused-ring (bicyclic) bond motifs is 16. The lowest BCUT2D eigenvalue weighted by molar-refractivity contribution is 0.478. The lowest BCUT2D eigenvalue weighted by Gasteiger charge is -2.32. The maximum atomic E-state index is 6.86. The number of benzene rings is 10. The first-order valence-corrected chi connectivity index (χ1v) is 21.4. The quantitative estimate of drug-likeness (QED) is 0.177. The van der Waals surface area contributed by atoms with Crippen LogP contribution in [-0.2, 0) is 5.41 Å². The Bertz CT molecular complexity index is 3620. The van der Waals surface area contributed by atoms with Crippen molar-refractivity contribution in [1.82, 2.24) is 4.57 Å². The lowest BCUT2D eigenvalue weighted by atomic mass is 9.70. The van der Waals surface area contributed by atoms with Crippen molar-refractivity contribution in [2.24, 2.45) is 0 Å². The first kappa shape index (κ1) is 33.7. The molecule has 0 atom stereocenters. The van der Waals surface area contributed by atoms with E-state index < -0.39 is 5.41 Å². The van der Waals surface area contributed by atoms with Crippen molar-refractivity contribution >= 4 is 49.6 Å². The second-order valence-corrected chi connectivity index (χ2v) is 16.8. The zero-order valence-electron chi connectivity index (χ0n) is 33.6. The molecule has 0 saturated carbocycles. The van der Waals surface area contributed by atoms with E-state index in [1.807, 2.05) is 0 Å². The minimum Gasteiger partial charge on any atom is -0.452 e. The van der Waals surface area contributed by atoms with E-state index in [4.69, 9.17) is 4.74 Å². The van der Waals surface area contributed by atoms with Crippen molar-refractivity contribution in [3.63, 3.8) is 0 Å². The molecule has 0 fully saturated rings. The van der Waals surface area contributed by atoms with Crippen LogP contribution in [0, 0.1) is 0 Å². The fourth-order valence-electron chi connectivity index (χ4n) is 11.2. The van der Waals surface area contributed by atoms with E-state index in [0.29, 0.717) is 0 Å². The molecular formula is C59H36N2O. The zero-order valence-corrected chi connectivity index (χ0v) is 33.6. The van der Waals surface area contributed by atoms with Gasteiger partial charge in [-0.15, -0.1) is 0 Å². The van der Waals surface area contributed by atoms with Gasteiger partial charge in [0.25, 0.3) is 0 Å². The molecule has 3 nitrogen and oxygen atoms in total. The number of nitrogens with zero attached hydrogens (tertiary/aromatic N) is 2. The fraction of sp³-hybridized carbons (Fsp3) is 0.0169. The van der Waals surface area contributed by atoms with Crippen LogP contribution >= 0.6 is 0 Å². The van der Waals surface area contributed by atoms with Crippen LogP contribution in [0.4, 0.5) is 17.1 Å². The number of hydrogen-bond donors (Lipinski definition) is 0. The van der Waals surface area contributed by atoms with Gasteiger partial charge in [-0.3, -0.25) is 0 Å². The molecule has 0 unspecified atom stereocenters. The zero-order chi connectivity index (χ0) is 40.5. The first-order chi connectivity index (χ1) is 30.8. The molecule has 0 N–H and O–H groups in total. The summed E-state index contributed by atoms with van der Waals surface area (Å²) in [7, 11) is 0. The average Bonchev–Trinajstić information content (AvgIpc) is 3.95. The van der Waals surface area contributed by atoms with Gasteiger partial charge in [0.2, 0.25) is 0 Å². The molecule has 0 radical (unpaired) electrons. The van der Waals surface area contributed by atoms with Crippen molar-refractivity contribution < 1.29 is 4.74 Å². The van der Waals surface area contributed by atoms with Crippen LogP contribution in [-0.4, -0.2) is 4.57 Å². The SMILES string of the molecule is c1ccc2c(c1)Oc1c(-c3ccc(N(c4ccc5c(c4)C4(c6ccccc6-c6ccccc64)c4ccccc4-5)c4ccc5ccccc5c4)cc3)ccc3c4ccccc4n-2c13. The van der Waals surface area contributed by atoms with E-state index in [1.165, 1.54) is 71.6 Å². The van der Waals surface area contributed by atoms with Gasteiger partial charge in [-0.1, -0.05) is 158 Å². The van der Waals surface area contributed by atoms with Crippen LogP contribution < -0.4 is 9.64 Å². The van der Waals surface area contributed by atoms with Crippen molar-refractivity contribution in [2.75, 3.05) is 4.90 Å². The highest BCUT2D eigenvalue weighted by molar-refractivity contribution is 6.14. The summed E-state index contributed by atoms with van der Waals surface area (Å²) in [6.07, 6.45) is 0. The monoisotopic (exact) mass is 788 g/mol. The largest absolute Gasteiger partial charge is 0.452 e. The lowest BCUT2D eigenvalue weighted by Crippen LogP contribution is -2.26. The number of para-hydroxylation sites is 3. The van der Waals surface area contributed by atoms with Crippen LogP contribution in [0.15, 0.2) is 218 Å².